The van der Waals surface area contributed by atoms with Crippen molar-refractivity contribution in [2.45, 2.75) is 19.3 Å². The second-order valence-corrected chi connectivity index (χ2v) is 4.97. The summed E-state index contributed by atoms with van der Waals surface area (Å²) in [6.45, 7) is 1.05. The number of unbranched alkanes of at least 4 members (excludes halogenated alkanes) is 1. The average molecular weight is 281 g/mol. The number of nitrogens with zero attached hydrogens (tertiary/aromatic N) is 1. The topological polar surface area (TPSA) is 50.7 Å². The van der Waals surface area contributed by atoms with Gasteiger partial charge in [-0.15, -0.1) is 0 Å². The summed E-state index contributed by atoms with van der Waals surface area (Å²) in [4.78, 5) is 16.4. The molecule has 5 heteroatoms. The Morgan fingerprint density at radius 3 is 2.84 bits per heavy atom. The zero-order valence-corrected chi connectivity index (χ0v) is 11.4. The van der Waals surface area contributed by atoms with Gasteiger partial charge in [0.2, 0.25) is 5.91 Å². The number of nitrogens with one attached hydrogen (secondary N) is 1. The van der Waals surface area contributed by atoms with Gasteiger partial charge >= 0.3 is 0 Å². The van der Waals surface area contributed by atoms with Gasteiger partial charge < -0.3 is 10.2 Å². The highest BCUT2D eigenvalue weighted by Crippen LogP contribution is 2.11. The lowest BCUT2D eigenvalue weighted by Gasteiger charge is -2.07. The van der Waals surface area contributed by atoms with Crippen LogP contribution >= 0.6 is 11.6 Å². The van der Waals surface area contributed by atoms with Crippen LogP contribution in [0, 0.1) is 5.92 Å². The summed E-state index contributed by atoms with van der Waals surface area (Å²) in [6, 6.07) is 7.87. The number of hydrogen-bond acceptors (Lipinski definition) is 3. The van der Waals surface area contributed by atoms with Crippen molar-refractivity contribution in [3.05, 3.63) is 34.9 Å². The Morgan fingerprint density at radius 2 is 2.16 bits per heavy atom. The van der Waals surface area contributed by atoms with E-state index >= 15 is 0 Å². The molecule has 0 saturated carbocycles. The standard InChI is InChI=1S/C14H17ClN2O2/c15-13-6-4-11(5-7-13)3-1-2-8-16-14(18)12-9-17-19-10-12/h4-7,9,12H,1-3,8,10H2,(H,16,18). The van der Waals surface area contributed by atoms with Gasteiger partial charge in [0.25, 0.3) is 0 Å². The summed E-state index contributed by atoms with van der Waals surface area (Å²) in [7, 11) is 0. The van der Waals surface area contributed by atoms with Gasteiger partial charge in [-0.2, -0.15) is 0 Å². The van der Waals surface area contributed by atoms with E-state index in [4.69, 9.17) is 16.4 Å². The Bertz CT molecular complexity index is 445. The molecular weight excluding hydrogens is 264 g/mol. The van der Waals surface area contributed by atoms with E-state index in [1.54, 1.807) is 6.21 Å². The maximum atomic E-state index is 11.6. The van der Waals surface area contributed by atoms with Crippen molar-refractivity contribution in [3.63, 3.8) is 0 Å². The molecule has 1 aromatic rings. The Kier molecular flexibility index (Phi) is 5.21. The minimum absolute atomic E-state index is 0.00672. The van der Waals surface area contributed by atoms with E-state index in [0.717, 1.165) is 24.3 Å². The Balaban J connectivity index is 1.58. The SMILES string of the molecule is O=C(NCCCCc1ccc(Cl)cc1)C1C=NOC1. The monoisotopic (exact) mass is 280 g/mol. The highest BCUT2D eigenvalue weighted by Gasteiger charge is 2.20. The third-order valence-electron chi connectivity index (χ3n) is 3.01. The molecule has 0 bridgehead atoms. The van der Waals surface area contributed by atoms with Crippen molar-refractivity contribution < 1.29 is 9.63 Å². The van der Waals surface area contributed by atoms with Crippen molar-refractivity contribution in [2.75, 3.05) is 13.2 Å². The summed E-state index contributed by atoms with van der Waals surface area (Å²) >= 11 is 5.82. The van der Waals surface area contributed by atoms with E-state index in [-0.39, 0.29) is 11.8 Å². The number of carbonyl (C=O) groups is 1. The summed E-state index contributed by atoms with van der Waals surface area (Å²) in [5.74, 6) is -0.232. The molecule has 1 aliphatic rings. The number of aryl methyl sites for hydroxylation is 1. The molecule has 1 aromatic carbocycles. The van der Waals surface area contributed by atoms with Crippen molar-refractivity contribution >= 4 is 23.7 Å². The normalized spacial score (nSPS) is 17.2. The molecule has 2 rings (SSSR count). The Morgan fingerprint density at radius 1 is 1.37 bits per heavy atom. The van der Waals surface area contributed by atoms with Gasteiger partial charge in [0.05, 0.1) is 6.21 Å². The van der Waals surface area contributed by atoms with Crippen LogP contribution in [0.2, 0.25) is 5.02 Å². The first-order valence-corrected chi connectivity index (χ1v) is 6.81. The van der Waals surface area contributed by atoms with Crippen LogP contribution in [0.25, 0.3) is 0 Å². The predicted molar refractivity (Wildman–Crippen MR) is 75.3 cm³/mol. The molecule has 0 fully saturated rings. The molecule has 1 atom stereocenters. The fourth-order valence-electron chi connectivity index (χ4n) is 1.87. The quantitative estimate of drug-likeness (QED) is 0.814. The number of carbonyl (C=O) groups excluding carboxylic acids is 1. The highest BCUT2D eigenvalue weighted by molar-refractivity contribution is 6.30. The third kappa shape index (κ3) is 4.56. The number of amides is 1. The Hall–Kier alpha value is -1.55. The fraction of sp³-hybridized carbons (Fsp3) is 0.429. The number of benzene rings is 1. The fourth-order valence-corrected chi connectivity index (χ4v) is 2.00. The van der Waals surface area contributed by atoms with Crippen molar-refractivity contribution in [2.24, 2.45) is 11.1 Å². The van der Waals surface area contributed by atoms with Gasteiger partial charge in [-0.3, -0.25) is 4.79 Å². The van der Waals surface area contributed by atoms with E-state index in [9.17, 15) is 4.79 Å². The highest BCUT2D eigenvalue weighted by atomic mass is 35.5. The van der Waals surface area contributed by atoms with Gasteiger partial charge in [0, 0.05) is 11.6 Å². The second-order valence-electron chi connectivity index (χ2n) is 4.53. The van der Waals surface area contributed by atoms with Crippen molar-refractivity contribution in [1.29, 1.82) is 0 Å². The number of halogens is 1. The van der Waals surface area contributed by atoms with E-state index < -0.39 is 0 Å². The number of oxime groups is 1. The number of rotatable bonds is 6. The van der Waals surface area contributed by atoms with Gasteiger partial charge in [0.1, 0.15) is 12.5 Å². The zero-order chi connectivity index (χ0) is 13.5. The molecule has 0 spiro atoms. The largest absolute Gasteiger partial charge is 0.395 e. The molecule has 102 valence electrons. The molecule has 1 N–H and O–H groups in total. The van der Waals surface area contributed by atoms with Gasteiger partial charge in [-0.1, -0.05) is 28.9 Å². The molecule has 0 aromatic heterocycles. The lowest BCUT2D eigenvalue weighted by atomic mass is 10.1. The summed E-state index contributed by atoms with van der Waals surface area (Å²) < 4.78 is 0. The van der Waals surface area contributed by atoms with Crippen LogP contribution in [0.3, 0.4) is 0 Å². The first-order valence-electron chi connectivity index (χ1n) is 6.43. The average Bonchev–Trinajstić information content (AvgIpc) is 2.94. The minimum Gasteiger partial charge on any atom is -0.395 e. The lowest BCUT2D eigenvalue weighted by molar-refractivity contribution is -0.123. The molecule has 0 radical (unpaired) electrons. The van der Waals surface area contributed by atoms with E-state index in [1.807, 2.05) is 24.3 Å². The molecule has 1 amide bonds. The smallest absolute Gasteiger partial charge is 0.232 e. The summed E-state index contributed by atoms with van der Waals surface area (Å²) in [5.41, 5.74) is 1.27. The Labute approximate surface area is 117 Å². The minimum atomic E-state index is -0.226. The third-order valence-corrected chi connectivity index (χ3v) is 3.26. The maximum absolute atomic E-state index is 11.6. The zero-order valence-electron chi connectivity index (χ0n) is 10.6. The van der Waals surface area contributed by atoms with E-state index in [2.05, 4.69) is 10.5 Å². The number of hydrogen-bond donors (Lipinski definition) is 1. The summed E-state index contributed by atoms with van der Waals surface area (Å²) in [6.07, 6.45) is 4.54. The lowest BCUT2D eigenvalue weighted by Crippen LogP contribution is -2.32. The van der Waals surface area contributed by atoms with Crippen LogP contribution in [0.1, 0.15) is 18.4 Å². The van der Waals surface area contributed by atoms with Crippen LogP contribution in [-0.2, 0) is 16.1 Å². The van der Waals surface area contributed by atoms with Crippen LogP contribution in [0.15, 0.2) is 29.4 Å². The predicted octanol–water partition coefficient (Wildman–Crippen LogP) is 2.41. The second kappa shape index (κ2) is 7.14. The van der Waals surface area contributed by atoms with Crippen LogP contribution in [-0.4, -0.2) is 25.3 Å². The van der Waals surface area contributed by atoms with Crippen LogP contribution < -0.4 is 5.32 Å². The molecule has 1 aliphatic heterocycles. The van der Waals surface area contributed by atoms with Crippen molar-refractivity contribution in [1.82, 2.24) is 5.32 Å². The molecule has 0 saturated heterocycles. The molecule has 4 nitrogen and oxygen atoms in total. The van der Waals surface area contributed by atoms with Crippen LogP contribution in [0.5, 0.6) is 0 Å². The molecule has 19 heavy (non-hydrogen) atoms. The molecule has 1 unspecified atom stereocenters. The molecule has 0 aliphatic carbocycles. The van der Waals surface area contributed by atoms with Crippen molar-refractivity contribution in [3.8, 4) is 0 Å². The first kappa shape index (κ1) is 13.9. The summed E-state index contributed by atoms with van der Waals surface area (Å²) in [5, 5.41) is 7.23. The van der Waals surface area contributed by atoms with Gasteiger partial charge in [-0.05, 0) is 37.0 Å². The first-order chi connectivity index (χ1) is 9.25. The van der Waals surface area contributed by atoms with E-state index in [1.165, 1.54) is 5.56 Å². The van der Waals surface area contributed by atoms with Crippen LogP contribution in [0.4, 0.5) is 0 Å². The molecule has 1 heterocycles. The van der Waals surface area contributed by atoms with E-state index in [0.29, 0.717) is 13.2 Å². The molecular formula is C14H17ClN2O2. The maximum Gasteiger partial charge on any atom is 0.232 e. The van der Waals surface area contributed by atoms with Gasteiger partial charge in [-0.25, -0.2) is 0 Å². The van der Waals surface area contributed by atoms with Gasteiger partial charge in [0.15, 0.2) is 0 Å².